The summed E-state index contributed by atoms with van der Waals surface area (Å²) >= 11 is 3.21. The number of rotatable bonds is 7. The van der Waals surface area contributed by atoms with Crippen LogP contribution in [0, 0.1) is 0 Å². The molecule has 0 radical (unpaired) electrons. The lowest BCUT2D eigenvalue weighted by Gasteiger charge is -2.09. The topological polar surface area (TPSA) is 93.8 Å². The number of nitrogens with zero attached hydrogens (tertiary/aromatic N) is 4. The second-order valence-electron chi connectivity index (χ2n) is 7.27. The number of carbonyl (C=O) groups excluding carboxylic acids is 2. The molecule has 1 fully saturated rings. The molecule has 0 unspecified atom stereocenters. The first kappa shape index (κ1) is 21.2. The molecule has 0 spiro atoms. The summed E-state index contributed by atoms with van der Waals surface area (Å²) in [5.41, 5.74) is 1.64. The normalized spacial score (nSPS) is 13.5. The first-order chi connectivity index (χ1) is 14.8. The summed E-state index contributed by atoms with van der Waals surface area (Å²) in [5.74, 6) is -0.587. The van der Waals surface area contributed by atoms with E-state index in [2.05, 4.69) is 36.8 Å². The summed E-state index contributed by atoms with van der Waals surface area (Å²) in [7, 11) is 1.72. The third kappa shape index (κ3) is 4.82. The van der Waals surface area contributed by atoms with Crippen LogP contribution in [0.4, 0.5) is 20.2 Å². The molecule has 1 aliphatic rings. The Balaban J connectivity index is 1.39. The van der Waals surface area contributed by atoms with Crippen LogP contribution in [0.1, 0.15) is 47.1 Å². The first-order valence-corrected chi connectivity index (χ1v) is 10.4. The SMILES string of the molecule is Cn1ccc(C(=O)Nc2ccc(NC(=O)Cn3nc(C(F)F)c(Br)c3C3CC3)cc2)n1. The second-order valence-corrected chi connectivity index (χ2v) is 8.06. The molecule has 162 valence electrons. The lowest BCUT2D eigenvalue weighted by Crippen LogP contribution is -2.21. The van der Waals surface area contributed by atoms with E-state index in [-0.39, 0.29) is 34.4 Å². The van der Waals surface area contributed by atoms with E-state index >= 15 is 0 Å². The molecule has 0 bridgehead atoms. The summed E-state index contributed by atoms with van der Waals surface area (Å²) < 4.78 is 29.5. The minimum absolute atomic E-state index is 0.143. The predicted molar refractivity (Wildman–Crippen MR) is 113 cm³/mol. The number of aromatic nitrogens is 4. The van der Waals surface area contributed by atoms with Crippen LogP contribution < -0.4 is 10.6 Å². The molecule has 0 saturated heterocycles. The van der Waals surface area contributed by atoms with Gasteiger partial charge in [0.05, 0.1) is 10.2 Å². The first-order valence-electron chi connectivity index (χ1n) is 9.57. The molecule has 31 heavy (non-hydrogen) atoms. The minimum Gasteiger partial charge on any atom is -0.324 e. The molecule has 1 aromatic carbocycles. The van der Waals surface area contributed by atoms with Crippen molar-refractivity contribution < 1.29 is 18.4 Å². The van der Waals surface area contributed by atoms with E-state index in [1.54, 1.807) is 43.6 Å². The lowest BCUT2D eigenvalue weighted by molar-refractivity contribution is -0.117. The Morgan fingerprint density at radius 2 is 1.77 bits per heavy atom. The van der Waals surface area contributed by atoms with Gasteiger partial charge >= 0.3 is 0 Å². The van der Waals surface area contributed by atoms with Crippen molar-refractivity contribution >= 4 is 39.1 Å². The Kier molecular flexibility index (Phi) is 5.86. The Morgan fingerprint density at radius 3 is 2.32 bits per heavy atom. The maximum Gasteiger partial charge on any atom is 0.283 e. The van der Waals surface area contributed by atoms with Gasteiger partial charge in [-0.3, -0.25) is 19.0 Å². The van der Waals surface area contributed by atoms with E-state index in [9.17, 15) is 18.4 Å². The fourth-order valence-corrected chi connectivity index (χ4v) is 3.96. The van der Waals surface area contributed by atoms with Crippen molar-refractivity contribution in [2.75, 3.05) is 10.6 Å². The third-order valence-electron chi connectivity index (χ3n) is 4.79. The smallest absolute Gasteiger partial charge is 0.283 e. The highest BCUT2D eigenvalue weighted by atomic mass is 79.9. The summed E-state index contributed by atoms with van der Waals surface area (Å²) in [6.07, 6.45) is 0.732. The molecule has 4 rings (SSSR count). The largest absolute Gasteiger partial charge is 0.324 e. The number of nitrogens with one attached hydrogen (secondary N) is 2. The maximum absolute atomic E-state index is 13.2. The number of aryl methyl sites for hydroxylation is 1. The minimum atomic E-state index is -2.72. The molecule has 2 N–H and O–H groups in total. The molecule has 2 amide bonds. The summed E-state index contributed by atoms with van der Waals surface area (Å²) in [6, 6.07) is 8.17. The van der Waals surface area contributed by atoms with E-state index in [4.69, 9.17) is 0 Å². The zero-order valence-corrected chi connectivity index (χ0v) is 18.1. The summed E-state index contributed by atoms with van der Waals surface area (Å²) in [4.78, 5) is 24.6. The van der Waals surface area contributed by atoms with Crippen LogP contribution in [0.3, 0.4) is 0 Å². The standard InChI is InChI=1S/C20H19BrF2N6O2/c1-28-9-8-14(26-28)20(31)25-13-6-4-12(5-7-13)24-15(30)10-29-18(11-2-3-11)16(21)17(27-29)19(22)23/h4-9,11,19H,2-3,10H2,1H3,(H,24,30)(H,25,31). The average Bonchev–Trinajstić information content (AvgIpc) is 3.36. The number of halogens is 3. The molecule has 2 heterocycles. The number of hydrogen-bond donors (Lipinski definition) is 2. The summed E-state index contributed by atoms with van der Waals surface area (Å²) in [5, 5.41) is 13.4. The van der Waals surface area contributed by atoms with Crippen LogP contribution in [0.2, 0.25) is 0 Å². The van der Waals surface area contributed by atoms with E-state index < -0.39 is 6.43 Å². The van der Waals surface area contributed by atoms with Crippen molar-refractivity contribution in [3.8, 4) is 0 Å². The number of amides is 2. The maximum atomic E-state index is 13.2. The van der Waals surface area contributed by atoms with Gasteiger partial charge in [0.2, 0.25) is 5.91 Å². The average molecular weight is 493 g/mol. The Bertz CT molecular complexity index is 1120. The van der Waals surface area contributed by atoms with Gasteiger partial charge in [-0.05, 0) is 59.1 Å². The molecular weight excluding hydrogens is 474 g/mol. The van der Waals surface area contributed by atoms with Crippen molar-refractivity contribution in [2.24, 2.45) is 7.05 Å². The van der Waals surface area contributed by atoms with Crippen molar-refractivity contribution in [3.63, 3.8) is 0 Å². The molecule has 1 saturated carbocycles. The van der Waals surface area contributed by atoms with Crippen molar-refractivity contribution in [2.45, 2.75) is 31.7 Å². The van der Waals surface area contributed by atoms with Crippen LogP contribution in [-0.2, 0) is 18.4 Å². The van der Waals surface area contributed by atoms with Crippen LogP contribution in [-0.4, -0.2) is 31.4 Å². The fourth-order valence-electron chi connectivity index (χ4n) is 3.18. The molecule has 11 heteroatoms. The highest BCUT2D eigenvalue weighted by Crippen LogP contribution is 2.45. The highest BCUT2D eigenvalue weighted by Gasteiger charge is 2.34. The Morgan fingerprint density at radius 1 is 1.13 bits per heavy atom. The number of benzene rings is 1. The van der Waals surface area contributed by atoms with E-state index in [0.29, 0.717) is 22.8 Å². The van der Waals surface area contributed by atoms with Crippen LogP contribution >= 0.6 is 15.9 Å². The van der Waals surface area contributed by atoms with Crippen molar-refractivity contribution in [3.05, 3.63) is 58.1 Å². The number of anilines is 2. The van der Waals surface area contributed by atoms with Gasteiger partial charge in [-0.15, -0.1) is 0 Å². The van der Waals surface area contributed by atoms with Crippen LogP contribution in [0.25, 0.3) is 0 Å². The van der Waals surface area contributed by atoms with Gasteiger partial charge in [0.1, 0.15) is 12.2 Å². The zero-order valence-electron chi connectivity index (χ0n) is 16.5. The van der Waals surface area contributed by atoms with Crippen molar-refractivity contribution in [1.29, 1.82) is 0 Å². The van der Waals surface area contributed by atoms with Crippen LogP contribution in [0.15, 0.2) is 41.0 Å². The lowest BCUT2D eigenvalue weighted by atomic mass is 10.2. The van der Waals surface area contributed by atoms with Gasteiger partial charge in [0.15, 0.2) is 5.69 Å². The van der Waals surface area contributed by atoms with Gasteiger partial charge < -0.3 is 10.6 Å². The monoisotopic (exact) mass is 492 g/mol. The van der Waals surface area contributed by atoms with Gasteiger partial charge in [-0.2, -0.15) is 10.2 Å². The fraction of sp³-hybridized carbons (Fsp3) is 0.300. The number of alkyl halides is 2. The predicted octanol–water partition coefficient (Wildman–Crippen LogP) is 4.09. The third-order valence-corrected chi connectivity index (χ3v) is 5.61. The van der Waals surface area contributed by atoms with Crippen molar-refractivity contribution in [1.82, 2.24) is 19.6 Å². The molecule has 2 aromatic heterocycles. The summed E-state index contributed by atoms with van der Waals surface area (Å²) in [6.45, 7) is -0.171. The molecule has 0 atom stereocenters. The molecule has 8 nitrogen and oxygen atoms in total. The molecule has 1 aliphatic carbocycles. The second kappa shape index (κ2) is 8.58. The molecular formula is C20H19BrF2N6O2. The van der Waals surface area contributed by atoms with Gasteiger partial charge in [-0.1, -0.05) is 0 Å². The zero-order chi connectivity index (χ0) is 22.1. The number of carbonyl (C=O) groups is 2. The van der Waals surface area contributed by atoms with Gasteiger partial charge in [0, 0.05) is 30.5 Å². The van der Waals surface area contributed by atoms with E-state index in [1.807, 2.05) is 0 Å². The van der Waals surface area contributed by atoms with Gasteiger partial charge in [0.25, 0.3) is 12.3 Å². The quantitative estimate of drug-likeness (QED) is 0.519. The molecule has 3 aromatic rings. The van der Waals surface area contributed by atoms with Gasteiger partial charge in [-0.25, -0.2) is 8.78 Å². The van der Waals surface area contributed by atoms with Crippen LogP contribution in [0.5, 0.6) is 0 Å². The Labute approximate surface area is 184 Å². The number of hydrogen-bond acceptors (Lipinski definition) is 4. The molecule has 0 aliphatic heterocycles. The Hall–Kier alpha value is -3.08. The van der Waals surface area contributed by atoms with E-state index in [0.717, 1.165) is 12.8 Å². The highest BCUT2D eigenvalue weighted by molar-refractivity contribution is 9.10. The van der Waals surface area contributed by atoms with E-state index in [1.165, 1.54) is 9.36 Å².